The van der Waals surface area contributed by atoms with Crippen molar-refractivity contribution in [1.82, 2.24) is 4.90 Å². The van der Waals surface area contributed by atoms with Crippen molar-refractivity contribution >= 4 is 29.4 Å². The molecule has 2 heterocycles. The van der Waals surface area contributed by atoms with Crippen molar-refractivity contribution in [2.24, 2.45) is 5.41 Å². The second kappa shape index (κ2) is 9.81. The molecule has 8 nitrogen and oxygen atoms in total. The van der Waals surface area contributed by atoms with Gasteiger partial charge in [-0.15, -0.1) is 0 Å². The number of anilines is 1. The Kier molecular flexibility index (Phi) is 7.33. The summed E-state index contributed by atoms with van der Waals surface area (Å²) < 4.78 is 10.7. The Morgan fingerprint density at radius 1 is 1.19 bits per heavy atom. The molecule has 32 heavy (non-hydrogen) atoms. The lowest BCUT2D eigenvalue weighted by molar-refractivity contribution is -0.141. The van der Waals surface area contributed by atoms with Crippen LogP contribution in [-0.4, -0.2) is 60.5 Å². The van der Waals surface area contributed by atoms with Crippen molar-refractivity contribution in [3.8, 4) is 0 Å². The predicted octanol–water partition coefficient (Wildman–Crippen LogP) is 2.94. The minimum absolute atomic E-state index is 0.0684. The van der Waals surface area contributed by atoms with Gasteiger partial charge in [0, 0.05) is 19.6 Å². The Hall–Kier alpha value is -2.74. The Morgan fingerprint density at radius 3 is 2.44 bits per heavy atom. The van der Waals surface area contributed by atoms with E-state index in [2.05, 4.69) is 0 Å². The van der Waals surface area contributed by atoms with Gasteiger partial charge < -0.3 is 14.4 Å². The highest BCUT2D eigenvalue weighted by atomic mass is 16.5. The van der Waals surface area contributed by atoms with Crippen molar-refractivity contribution in [3.05, 3.63) is 29.8 Å². The van der Waals surface area contributed by atoms with Crippen LogP contribution in [0.15, 0.2) is 24.3 Å². The lowest BCUT2D eigenvalue weighted by Gasteiger charge is -2.32. The number of benzene rings is 1. The highest BCUT2D eigenvalue weighted by molar-refractivity contribution is 6.23. The van der Waals surface area contributed by atoms with Gasteiger partial charge in [-0.25, -0.2) is 9.69 Å². The molecular formula is C24H32N2O6. The Labute approximate surface area is 188 Å². The average Bonchev–Trinajstić information content (AvgIpc) is 3.32. The fourth-order valence-corrected chi connectivity index (χ4v) is 4.06. The molecule has 2 atom stereocenters. The Balaban J connectivity index is 1.81. The van der Waals surface area contributed by atoms with Crippen LogP contribution in [0, 0.1) is 5.41 Å². The number of carbonyl (C=O) groups is 4. The first kappa shape index (κ1) is 23.9. The van der Waals surface area contributed by atoms with Crippen LogP contribution in [0.5, 0.6) is 0 Å². The molecule has 0 bridgehead atoms. The molecule has 0 aliphatic carbocycles. The Bertz CT molecular complexity index is 867. The number of amides is 3. The highest BCUT2D eigenvalue weighted by Crippen LogP contribution is 2.29. The molecule has 0 aromatic heterocycles. The quantitative estimate of drug-likeness (QED) is 0.474. The van der Waals surface area contributed by atoms with E-state index in [1.54, 1.807) is 19.1 Å². The molecule has 2 saturated heterocycles. The van der Waals surface area contributed by atoms with Crippen molar-refractivity contribution in [2.45, 2.75) is 65.5 Å². The molecule has 0 radical (unpaired) electrons. The van der Waals surface area contributed by atoms with Crippen LogP contribution in [0.4, 0.5) is 5.69 Å². The van der Waals surface area contributed by atoms with Gasteiger partial charge in [0.2, 0.25) is 11.8 Å². The van der Waals surface area contributed by atoms with Gasteiger partial charge in [0.05, 0.1) is 30.4 Å². The van der Waals surface area contributed by atoms with E-state index in [1.807, 2.05) is 20.8 Å². The molecule has 1 aromatic rings. The maximum Gasteiger partial charge on any atom is 0.338 e. The van der Waals surface area contributed by atoms with Gasteiger partial charge in [-0.1, -0.05) is 20.8 Å². The molecule has 0 spiro atoms. The lowest BCUT2D eigenvalue weighted by Crippen LogP contribution is -2.49. The smallest absolute Gasteiger partial charge is 0.338 e. The van der Waals surface area contributed by atoms with Crippen LogP contribution in [0.25, 0.3) is 0 Å². The number of ether oxygens (including phenoxy) is 2. The number of imide groups is 1. The highest BCUT2D eigenvalue weighted by Gasteiger charge is 2.45. The summed E-state index contributed by atoms with van der Waals surface area (Å²) in [6, 6.07) is 5.29. The summed E-state index contributed by atoms with van der Waals surface area (Å²) in [4.78, 5) is 53.8. The van der Waals surface area contributed by atoms with Crippen LogP contribution in [0.2, 0.25) is 0 Å². The number of esters is 1. The summed E-state index contributed by atoms with van der Waals surface area (Å²) in [5.41, 5.74) is 0.461. The standard InChI is InChI=1S/C24H32N2O6/c1-5-31-23(30)16-8-10-17(11-9-16)26-20(27)13-19(22(26)29)25(15-18-7-6-12-32-18)21(28)14-24(2,3)4/h8-11,18-19H,5-7,12-15H2,1-4H3. The minimum atomic E-state index is -0.855. The van der Waals surface area contributed by atoms with Crippen LogP contribution in [-0.2, 0) is 23.9 Å². The van der Waals surface area contributed by atoms with E-state index >= 15 is 0 Å². The van der Waals surface area contributed by atoms with Gasteiger partial charge >= 0.3 is 5.97 Å². The summed E-state index contributed by atoms with van der Waals surface area (Å²) in [5, 5.41) is 0. The first-order valence-corrected chi connectivity index (χ1v) is 11.2. The number of hydrogen-bond acceptors (Lipinski definition) is 6. The van der Waals surface area contributed by atoms with Crippen molar-refractivity contribution in [2.75, 3.05) is 24.7 Å². The second-order valence-electron chi connectivity index (χ2n) is 9.47. The molecule has 0 N–H and O–H groups in total. The number of nitrogens with zero attached hydrogens (tertiary/aromatic N) is 2. The molecule has 8 heteroatoms. The summed E-state index contributed by atoms with van der Waals surface area (Å²) >= 11 is 0. The second-order valence-corrected chi connectivity index (χ2v) is 9.47. The first-order chi connectivity index (χ1) is 15.1. The van der Waals surface area contributed by atoms with Gasteiger partial charge in [-0.05, 0) is 49.4 Å². The van der Waals surface area contributed by atoms with Crippen LogP contribution >= 0.6 is 0 Å². The zero-order valence-corrected chi connectivity index (χ0v) is 19.3. The van der Waals surface area contributed by atoms with E-state index in [0.29, 0.717) is 24.4 Å². The van der Waals surface area contributed by atoms with Crippen LogP contribution in [0.1, 0.15) is 63.7 Å². The largest absolute Gasteiger partial charge is 0.462 e. The van der Waals surface area contributed by atoms with E-state index in [4.69, 9.17) is 9.47 Å². The third-order valence-electron chi connectivity index (χ3n) is 5.56. The van der Waals surface area contributed by atoms with Crippen molar-refractivity contribution < 1.29 is 28.7 Å². The molecule has 2 aliphatic heterocycles. The van der Waals surface area contributed by atoms with E-state index in [1.165, 1.54) is 17.0 Å². The molecule has 1 aromatic carbocycles. The minimum Gasteiger partial charge on any atom is -0.462 e. The molecule has 3 amide bonds. The maximum atomic E-state index is 13.3. The predicted molar refractivity (Wildman–Crippen MR) is 118 cm³/mol. The monoisotopic (exact) mass is 444 g/mol. The normalized spacial score (nSPS) is 21.2. The summed E-state index contributed by atoms with van der Waals surface area (Å²) in [6.45, 7) is 8.82. The van der Waals surface area contributed by atoms with Crippen molar-refractivity contribution in [1.29, 1.82) is 0 Å². The van der Waals surface area contributed by atoms with E-state index in [0.717, 1.165) is 17.7 Å². The topological polar surface area (TPSA) is 93.2 Å². The molecule has 3 rings (SSSR count). The zero-order valence-electron chi connectivity index (χ0n) is 19.3. The zero-order chi connectivity index (χ0) is 23.5. The van der Waals surface area contributed by atoms with Gasteiger partial charge in [-0.2, -0.15) is 0 Å². The molecule has 174 valence electrons. The Morgan fingerprint density at radius 2 is 1.88 bits per heavy atom. The SMILES string of the molecule is CCOC(=O)c1ccc(N2C(=O)CC(N(CC3CCCO3)C(=O)CC(C)(C)C)C2=O)cc1. The number of carbonyl (C=O) groups excluding carboxylic acids is 4. The van der Waals surface area contributed by atoms with Crippen LogP contribution < -0.4 is 4.90 Å². The summed E-state index contributed by atoms with van der Waals surface area (Å²) in [5.74, 6) is -1.42. The molecule has 2 fully saturated rings. The number of hydrogen-bond donors (Lipinski definition) is 0. The third kappa shape index (κ3) is 5.54. The van der Waals surface area contributed by atoms with Gasteiger partial charge in [0.1, 0.15) is 6.04 Å². The van der Waals surface area contributed by atoms with E-state index in [-0.39, 0.29) is 42.8 Å². The first-order valence-electron chi connectivity index (χ1n) is 11.2. The molecular weight excluding hydrogens is 412 g/mol. The summed E-state index contributed by atoms with van der Waals surface area (Å²) in [7, 11) is 0. The van der Waals surface area contributed by atoms with E-state index in [9.17, 15) is 19.2 Å². The third-order valence-corrected chi connectivity index (χ3v) is 5.56. The fourth-order valence-electron chi connectivity index (χ4n) is 4.06. The van der Waals surface area contributed by atoms with Crippen molar-refractivity contribution in [3.63, 3.8) is 0 Å². The van der Waals surface area contributed by atoms with Crippen LogP contribution in [0.3, 0.4) is 0 Å². The van der Waals surface area contributed by atoms with Gasteiger partial charge in [0.15, 0.2) is 0 Å². The molecule has 2 aliphatic rings. The number of rotatable bonds is 7. The van der Waals surface area contributed by atoms with E-state index < -0.39 is 17.9 Å². The molecule has 0 saturated carbocycles. The van der Waals surface area contributed by atoms with Gasteiger partial charge in [-0.3, -0.25) is 14.4 Å². The average molecular weight is 445 g/mol. The fraction of sp³-hybridized carbons (Fsp3) is 0.583. The lowest BCUT2D eigenvalue weighted by atomic mass is 9.91. The summed E-state index contributed by atoms with van der Waals surface area (Å²) in [6.07, 6.45) is 1.82. The molecule has 2 unspecified atom stereocenters. The maximum absolute atomic E-state index is 13.3. The van der Waals surface area contributed by atoms with Gasteiger partial charge in [0.25, 0.3) is 5.91 Å².